The van der Waals surface area contributed by atoms with Crippen molar-refractivity contribution in [3.8, 4) is 5.69 Å². The van der Waals surface area contributed by atoms with E-state index in [2.05, 4.69) is 15.4 Å². The van der Waals surface area contributed by atoms with E-state index in [-0.39, 0.29) is 18.1 Å². The zero-order valence-corrected chi connectivity index (χ0v) is 15.9. The molecule has 0 fully saturated rings. The number of hydrogen-bond donors (Lipinski definition) is 1. The lowest BCUT2D eigenvalue weighted by Crippen LogP contribution is -2.32. The molecule has 6 nitrogen and oxygen atoms in total. The average Bonchev–Trinajstić information content (AvgIpc) is 3.37. The van der Waals surface area contributed by atoms with E-state index < -0.39 is 6.04 Å². The zero-order valence-electron chi connectivity index (χ0n) is 15.9. The van der Waals surface area contributed by atoms with Crippen molar-refractivity contribution in [2.75, 3.05) is 0 Å². The number of amides is 1. The van der Waals surface area contributed by atoms with Crippen molar-refractivity contribution in [3.63, 3.8) is 0 Å². The third-order valence-corrected chi connectivity index (χ3v) is 4.65. The molecule has 0 bridgehead atoms. The van der Waals surface area contributed by atoms with E-state index in [0.29, 0.717) is 5.82 Å². The number of hydrogen-bond acceptors (Lipinski definition) is 3. The minimum atomic E-state index is -0.479. The fraction of sp³-hybridized carbons (Fsp3) is 0.136. The topological polar surface area (TPSA) is 64.7 Å². The first-order chi connectivity index (χ1) is 14.1. The van der Waals surface area contributed by atoms with Crippen LogP contribution in [-0.2, 0) is 18.3 Å². The van der Waals surface area contributed by atoms with Gasteiger partial charge in [-0.1, -0.05) is 30.3 Å². The number of carbonyl (C=O) groups is 1. The Morgan fingerprint density at radius 1 is 1.14 bits per heavy atom. The largest absolute Gasteiger partial charge is 0.342 e. The quantitative estimate of drug-likeness (QED) is 0.551. The maximum absolute atomic E-state index is 13.3. The molecule has 2 heterocycles. The predicted molar refractivity (Wildman–Crippen MR) is 107 cm³/mol. The Labute approximate surface area is 167 Å². The van der Waals surface area contributed by atoms with Crippen LogP contribution in [0.5, 0.6) is 0 Å². The SMILES string of the molecule is Cn1ccnc1[C@H](NC(=O)Cc1cnn(-c2ccccc2)c1)c1ccc(F)cc1. The maximum atomic E-state index is 13.3. The molecule has 146 valence electrons. The van der Waals surface area contributed by atoms with Crippen molar-refractivity contribution in [1.29, 1.82) is 0 Å². The van der Waals surface area contributed by atoms with Crippen LogP contribution in [0, 0.1) is 5.82 Å². The van der Waals surface area contributed by atoms with E-state index in [1.807, 2.05) is 54.3 Å². The van der Waals surface area contributed by atoms with Crippen molar-refractivity contribution < 1.29 is 9.18 Å². The van der Waals surface area contributed by atoms with Crippen molar-refractivity contribution in [3.05, 3.63) is 102 Å². The molecule has 0 spiro atoms. The first-order valence-electron chi connectivity index (χ1n) is 9.21. The molecule has 1 atom stereocenters. The van der Waals surface area contributed by atoms with Crippen LogP contribution in [0.1, 0.15) is 23.0 Å². The number of aryl methyl sites for hydroxylation is 1. The second-order valence-electron chi connectivity index (χ2n) is 6.75. The van der Waals surface area contributed by atoms with Crippen LogP contribution in [0.15, 0.2) is 79.4 Å². The number of carbonyl (C=O) groups excluding carboxylic acids is 1. The predicted octanol–water partition coefficient (Wildman–Crippen LogP) is 3.19. The molecule has 7 heteroatoms. The third-order valence-electron chi connectivity index (χ3n) is 4.65. The Balaban J connectivity index is 1.52. The van der Waals surface area contributed by atoms with Crippen molar-refractivity contribution in [2.45, 2.75) is 12.5 Å². The Morgan fingerprint density at radius 2 is 1.90 bits per heavy atom. The molecule has 2 aromatic heterocycles. The Kier molecular flexibility index (Phi) is 5.20. The minimum absolute atomic E-state index is 0.171. The van der Waals surface area contributed by atoms with E-state index in [9.17, 15) is 9.18 Å². The normalized spacial score (nSPS) is 11.9. The average molecular weight is 389 g/mol. The van der Waals surface area contributed by atoms with Gasteiger partial charge in [0.2, 0.25) is 5.91 Å². The van der Waals surface area contributed by atoms with Gasteiger partial charge < -0.3 is 9.88 Å². The number of benzene rings is 2. The maximum Gasteiger partial charge on any atom is 0.225 e. The molecule has 0 radical (unpaired) electrons. The highest BCUT2D eigenvalue weighted by atomic mass is 19.1. The Bertz CT molecular complexity index is 1100. The molecule has 0 aliphatic rings. The van der Waals surface area contributed by atoms with Gasteiger partial charge in [-0.15, -0.1) is 0 Å². The molecule has 4 rings (SSSR count). The number of nitrogens with zero attached hydrogens (tertiary/aromatic N) is 4. The summed E-state index contributed by atoms with van der Waals surface area (Å²) in [6, 6.07) is 15.3. The summed E-state index contributed by atoms with van der Waals surface area (Å²) < 4.78 is 16.9. The summed E-state index contributed by atoms with van der Waals surface area (Å²) in [4.78, 5) is 17.1. The molecule has 0 aliphatic carbocycles. The van der Waals surface area contributed by atoms with Gasteiger partial charge in [-0.05, 0) is 35.4 Å². The molecule has 4 aromatic rings. The summed E-state index contributed by atoms with van der Waals surface area (Å²) in [7, 11) is 1.86. The number of halogens is 1. The van der Waals surface area contributed by atoms with Gasteiger partial charge in [0.15, 0.2) is 0 Å². The standard InChI is InChI=1S/C22H20FN5O/c1-27-12-11-24-22(27)21(17-7-9-18(23)10-8-17)26-20(29)13-16-14-25-28(15-16)19-5-3-2-4-6-19/h2-12,14-15,21H,13H2,1H3,(H,26,29)/t21-/m1/s1. The van der Waals surface area contributed by atoms with Crippen molar-refractivity contribution in [1.82, 2.24) is 24.6 Å². The molecule has 1 amide bonds. The lowest BCUT2D eigenvalue weighted by molar-refractivity contribution is -0.121. The Morgan fingerprint density at radius 3 is 2.59 bits per heavy atom. The van der Waals surface area contributed by atoms with Crippen molar-refractivity contribution >= 4 is 5.91 Å². The van der Waals surface area contributed by atoms with Gasteiger partial charge in [0.25, 0.3) is 0 Å². The summed E-state index contributed by atoms with van der Waals surface area (Å²) in [5, 5.41) is 7.34. The second-order valence-corrected chi connectivity index (χ2v) is 6.75. The fourth-order valence-corrected chi connectivity index (χ4v) is 3.18. The molecular formula is C22H20FN5O. The number of nitrogens with one attached hydrogen (secondary N) is 1. The van der Waals surface area contributed by atoms with Crippen LogP contribution in [0.2, 0.25) is 0 Å². The molecule has 1 N–H and O–H groups in total. The number of rotatable bonds is 6. The molecule has 29 heavy (non-hydrogen) atoms. The summed E-state index contributed by atoms with van der Waals surface area (Å²) >= 11 is 0. The lowest BCUT2D eigenvalue weighted by atomic mass is 10.1. The number of aromatic nitrogens is 4. The van der Waals surface area contributed by atoms with E-state index in [4.69, 9.17) is 0 Å². The van der Waals surface area contributed by atoms with E-state index in [1.54, 1.807) is 29.2 Å². The molecule has 0 unspecified atom stereocenters. The van der Waals surface area contributed by atoms with Gasteiger partial charge >= 0.3 is 0 Å². The summed E-state index contributed by atoms with van der Waals surface area (Å²) in [6.07, 6.45) is 7.17. The lowest BCUT2D eigenvalue weighted by Gasteiger charge is -2.19. The van der Waals surface area contributed by atoms with Crippen LogP contribution in [0.4, 0.5) is 4.39 Å². The monoisotopic (exact) mass is 389 g/mol. The molecule has 0 saturated heterocycles. The van der Waals surface area contributed by atoms with E-state index >= 15 is 0 Å². The molecule has 0 aliphatic heterocycles. The summed E-state index contributed by atoms with van der Waals surface area (Å²) in [5.41, 5.74) is 2.48. The first kappa shape index (κ1) is 18.6. The van der Waals surface area contributed by atoms with Gasteiger partial charge in [-0.3, -0.25) is 4.79 Å². The van der Waals surface area contributed by atoms with Crippen LogP contribution in [0.3, 0.4) is 0 Å². The summed E-state index contributed by atoms with van der Waals surface area (Å²) in [5.74, 6) is 0.173. The van der Waals surface area contributed by atoms with Gasteiger partial charge in [0, 0.05) is 25.6 Å². The molecule has 0 saturated carbocycles. The first-order valence-corrected chi connectivity index (χ1v) is 9.21. The smallest absolute Gasteiger partial charge is 0.225 e. The van der Waals surface area contributed by atoms with Crippen LogP contribution in [-0.4, -0.2) is 25.2 Å². The van der Waals surface area contributed by atoms with E-state index in [0.717, 1.165) is 16.8 Å². The number of para-hydroxylation sites is 1. The molecular weight excluding hydrogens is 369 g/mol. The highest BCUT2D eigenvalue weighted by Gasteiger charge is 2.21. The van der Waals surface area contributed by atoms with Gasteiger partial charge in [0.05, 0.1) is 18.3 Å². The fourth-order valence-electron chi connectivity index (χ4n) is 3.18. The van der Waals surface area contributed by atoms with Crippen molar-refractivity contribution in [2.24, 2.45) is 7.05 Å². The van der Waals surface area contributed by atoms with Crippen LogP contribution in [0.25, 0.3) is 5.69 Å². The number of imidazole rings is 1. The van der Waals surface area contributed by atoms with Gasteiger partial charge in [0.1, 0.15) is 17.7 Å². The third kappa shape index (κ3) is 4.24. The van der Waals surface area contributed by atoms with Crippen LogP contribution < -0.4 is 5.32 Å². The Hall–Kier alpha value is -3.74. The highest BCUT2D eigenvalue weighted by molar-refractivity contribution is 5.79. The van der Waals surface area contributed by atoms with Gasteiger partial charge in [-0.2, -0.15) is 5.10 Å². The van der Waals surface area contributed by atoms with Crippen LogP contribution >= 0.6 is 0 Å². The highest BCUT2D eigenvalue weighted by Crippen LogP contribution is 2.21. The zero-order chi connectivity index (χ0) is 20.2. The van der Waals surface area contributed by atoms with Gasteiger partial charge in [-0.25, -0.2) is 14.1 Å². The minimum Gasteiger partial charge on any atom is -0.342 e. The second kappa shape index (κ2) is 8.10. The van der Waals surface area contributed by atoms with E-state index in [1.165, 1.54) is 12.1 Å². The summed E-state index contributed by atoms with van der Waals surface area (Å²) in [6.45, 7) is 0. The molecule has 2 aromatic carbocycles.